The molecule has 3 amide bonds. The maximum absolute atomic E-state index is 12.6. The Morgan fingerprint density at radius 3 is 2.26 bits per heavy atom. The molecule has 2 aromatic heterocycles. The van der Waals surface area contributed by atoms with Crippen molar-refractivity contribution < 1.29 is 14.4 Å². The van der Waals surface area contributed by atoms with Crippen LogP contribution in [-0.2, 0) is 16.1 Å². The molecule has 0 aliphatic carbocycles. The van der Waals surface area contributed by atoms with Crippen LogP contribution in [0.3, 0.4) is 0 Å². The molecule has 3 rings (SSSR count). The second-order valence-electron chi connectivity index (χ2n) is 5.89. The standard InChI is InChI=1S/C18H18N6O3/c1-11(25)20-14-7-13(8-15(9-14)21-12(2)26)18(27)19-10-17-23-22-16-5-3-4-6-24(16)17/h3-9H,10H2,1-2H3,(H,19,27)(H,20,25)(H,21,26). The first-order chi connectivity index (χ1) is 12.9. The molecule has 1 aromatic carbocycles. The average Bonchev–Trinajstić information content (AvgIpc) is 3.01. The number of carbonyl (C=O) groups is 3. The van der Waals surface area contributed by atoms with E-state index in [9.17, 15) is 14.4 Å². The molecule has 3 aromatic rings. The van der Waals surface area contributed by atoms with Gasteiger partial charge >= 0.3 is 0 Å². The van der Waals surface area contributed by atoms with Crippen molar-refractivity contribution in [3.05, 3.63) is 54.0 Å². The normalized spacial score (nSPS) is 10.4. The lowest BCUT2D eigenvalue weighted by Crippen LogP contribution is -2.24. The number of nitrogens with one attached hydrogen (secondary N) is 3. The Labute approximate surface area is 154 Å². The van der Waals surface area contributed by atoms with E-state index in [1.54, 1.807) is 10.5 Å². The number of anilines is 2. The summed E-state index contributed by atoms with van der Waals surface area (Å²) >= 11 is 0. The van der Waals surface area contributed by atoms with Crippen molar-refractivity contribution in [2.75, 3.05) is 10.6 Å². The number of hydrogen-bond acceptors (Lipinski definition) is 5. The van der Waals surface area contributed by atoms with Crippen molar-refractivity contribution in [1.29, 1.82) is 0 Å². The van der Waals surface area contributed by atoms with Crippen molar-refractivity contribution >= 4 is 34.7 Å². The predicted molar refractivity (Wildman–Crippen MR) is 99.2 cm³/mol. The zero-order chi connectivity index (χ0) is 19.4. The van der Waals surface area contributed by atoms with E-state index in [1.807, 2.05) is 24.4 Å². The highest BCUT2D eigenvalue weighted by atomic mass is 16.2. The third kappa shape index (κ3) is 4.46. The van der Waals surface area contributed by atoms with Crippen LogP contribution < -0.4 is 16.0 Å². The molecule has 0 saturated carbocycles. The average molecular weight is 366 g/mol. The monoisotopic (exact) mass is 366 g/mol. The minimum absolute atomic E-state index is 0.170. The van der Waals surface area contributed by atoms with Gasteiger partial charge in [-0.1, -0.05) is 6.07 Å². The molecule has 0 radical (unpaired) electrons. The second kappa shape index (κ2) is 7.65. The van der Waals surface area contributed by atoms with Crippen LogP contribution in [0.4, 0.5) is 11.4 Å². The molecule has 0 bridgehead atoms. The highest BCUT2D eigenvalue weighted by molar-refractivity contribution is 5.99. The molecule has 0 saturated heterocycles. The number of benzene rings is 1. The van der Waals surface area contributed by atoms with Crippen LogP contribution >= 0.6 is 0 Å². The van der Waals surface area contributed by atoms with Gasteiger partial charge in [0.1, 0.15) is 0 Å². The van der Waals surface area contributed by atoms with E-state index in [0.717, 1.165) is 0 Å². The second-order valence-corrected chi connectivity index (χ2v) is 5.89. The summed E-state index contributed by atoms with van der Waals surface area (Å²) in [7, 11) is 0. The van der Waals surface area contributed by atoms with Crippen molar-refractivity contribution in [3.8, 4) is 0 Å². The van der Waals surface area contributed by atoms with E-state index in [1.165, 1.54) is 26.0 Å². The van der Waals surface area contributed by atoms with Crippen molar-refractivity contribution in [3.63, 3.8) is 0 Å². The van der Waals surface area contributed by atoms with Gasteiger partial charge in [-0.3, -0.25) is 18.8 Å². The number of hydrogen-bond donors (Lipinski definition) is 3. The van der Waals surface area contributed by atoms with Crippen molar-refractivity contribution in [2.24, 2.45) is 0 Å². The minimum Gasteiger partial charge on any atom is -0.345 e. The van der Waals surface area contributed by atoms with Crippen LogP contribution in [-0.4, -0.2) is 32.3 Å². The van der Waals surface area contributed by atoms with Crippen molar-refractivity contribution in [1.82, 2.24) is 19.9 Å². The zero-order valence-electron chi connectivity index (χ0n) is 14.8. The van der Waals surface area contributed by atoms with Gasteiger partial charge in [0, 0.05) is 37.0 Å². The van der Waals surface area contributed by atoms with Crippen LogP contribution in [0.15, 0.2) is 42.6 Å². The lowest BCUT2D eigenvalue weighted by molar-refractivity contribution is -0.115. The Kier molecular flexibility index (Phi) is 5.11. The summed E-state index contributed by atoms with van der Waals surface area (Å²) in [5.74, 6) is -0.354. The van der Waals surface area contributed by atoms with E-state index in [0.29, 0.717) is 28.4 Å². The lowest BCUT2D eigenvalue weighted by atomic mass is 10.1. The first-order valence-electron chi connectivity index (χ1n) is 8.19. The molecule has 0 fully saturated rings. The van der Waals surface area contributed by atoms with E-state index in [2.05, 4.69) is 26.1 Å². The summed E-state index contributed by atoms with van der Waals surface area (Å²) < 4.78 is 1.77. The molecule has 0 atom stereocenters. The number of fused-ring (bicyclic) bond motifs is 1. The largest absolute Gasteiger partial charge is 0.345 e. The van der Waals surface area contributed by atoms with Gasteiger partial charge in [0.25, 0.3) is 5.91 Å². The fourth-order valence-electron chi connectivity index (χ4n) is 2.58. The van der Waals surface area contributed by atoms with Gasteiger partial charge in [-0.25, -0.2) is 0 Å². The molecule has 0 unspecified atom stereocenters. The quantitative estimate of drug-likeness (QED) is 0.634. The number of carbonyl (C=O) groups excluding carboxylic acids is 3. The van der Waals surface area contributed by atoms with Crippen LogP contribution in [0.1, 0.15) is 30.0 Å². The Bertz CT molecular complexity index is 993. The molecule has 0 aliphatic rings. The SMILES string of the molecule is CC(=O)Nc1cc(NC(C)=O)cc(C(=O)NCc2nnc3ccccn23)c1. The number of amides is 3. The number of nitrogens with zero attached hydrogens (tertiary/aromatic N) is 3. The maximum atomic E-state index is 12.6. The van der Waals surface area contributed by atoms with E-state index in [4.69, 9.17) is 0 Å². The zero-order valence-corrected chi connectivity index (χ0v) is 14.8. The van der Waals surface area contributed by atoms with Gasteiger partial charge in [-0.15, -0.1) is 10.2 Å². The predicted octanol–water partition coefficient (Wildman–Crippen LogP) is 1.58. The van der Waals surface area contributed by atoms with E-state index in [-0.39, 0.29) is 24.3 Å². The summed E-state index contributed by atoms with van der Waals surface area (Å²) in [5.41, 5.74) is 1.79. The molecule has 3 N–H and O–H groups in total. The molecule has 2 heterocycles. The van der Waals surface area contributed by atoms with Gasteiger partial charge < -0.3 is 16.0 Å². The summed E-state index contributed by atoms with van der Waals surface area (Å²) in [6, 6.07) is 10.1. The number of rotatable bonds is 5. The van der Waals surface area contributed by atoms with Crippen LogP contribution in [0.5, 0.6) is 0 Å². The first-order valence-corrected chi connectivity index (χ1v) is 8.19. The molecule has 0 aliphatic heterocycles. The Balaban J connectivity index is 1.80. The maximum Gasteiger partial charge on any atom is 0.251 e. The highest BCUT2D eigenvalue weighted by Gasteiger charge is 2.12. The Morgan fingerprint density at radius 2 is 1.63 bits per heavy atom. The van der Waals surface area contributed by atoms with Crippen LogP contribution in [0, 0.1) is 0 Å². The smallest absolute Gasteiger partial charge is 0.251 e. The molecular formula is C18H18N6O3. The summed E-state index contributed by atoms with van der Waals surface area (Å²) in [6.45, 7) is 2.90. The Hall–Kier alpha value is -3.75. The first kappa shape index (κ1) is 18.1. The summed E-state index contributed by atoms with van der Waals surface area (Å²) in [6.07, 6.45) is 1.81. The van der Waals surface area contributed by atoms with Gasteiger partial charge in [-0.05, 0) is 30.3 Å². The molecule has 9 nitrogen and oxygen atoms in total. The third-order valence-corrected chi connectivity index (χ3v) is 3.63. The van der Waals surface area contributed by atoms with Gasteiger partial charge in [0.2, 0.25) is 11.8 Å². The van der Waals surface area contributed by atoms with Gasteiger partial charge in [0.05, 0.1) is 6.54 Å². The topological polar surface area (TPSA) is 117 Å². The number of pyridine rings is 1. The summed E-state index contributed by atoms with van der Waals surface area (Å²) in [5, 5.41) is 16.1. The molecule has 27 heavy (non-hydrogen) atoms. The fraction of sp³-hybridized carbons (Fsp3) is 0.167. The third-order valence-electron chi connectivity index (χ3n) is 3.63. The summed E-state index contributed by atoms with van der Waals surface area (Å²) in [4.78, 5) is 35.2. The molecule has 138 valence electrons. The molecular weight excluding hydrogens is 348 g/mol. The number of aromatic nitrogens is 3. The minimum atomic E-state index is -0.374. The lowest BCUT2D eigenvalue weighted by Gasteiger charge is -2.11. The van der Waals surface area contributed by atoms with Crippen molar-refractivity contribution in [2.45, 2.75) is 20.4 Å². The molecule has 9 heteroatoms. The highest BCUT2D eigenvalue weighted by Crippen LogP contribution is 2.19. The van der Waals surface area contributed by atoms with Gasteiger partial charge in [0.15, 0.2) is 11.5 Å². The van der Waals surface area contributed by atoms with Gasteiger partial charge in [-0.2, -0.15) is 0 Å². The Morgan fingerprint density at radius 1 is 0.963 bits per heavy atom. The van der Waals surface area contributed by atoms with Crippen LogP contribution in [0.2, 0.25) is 0 Å². The van der Waals surface area contributed by atoms with E-state index < -0.39 is 0 Å². The fourth-order valence-corrected chi connectivity index (χ4v) is 2.58. The van der Waals surface area contributed by atoms with E-state index >= 15 is 0 Å². The molecule has 0 spiro atoms. The van der Waals surface area contributed by atoms with Crippen LogP contribution in [0.25, 0.3) is 5.65 Å².